The van der Waals surface area contributed by atoms with Gasteiger partial charge in [-0.05, 0) is 19.5 Å². The van der Waals surface area contributed by atoms with Crippen LogP contribution in [0.1, 0.15) is 38.1 Å². The van der Waals surface area contributed by atoms with Gasteiger partial charge in [-0.1, -0.05) is 20.8 Å². The van der Waals surface area contributed by atoms with E-state index in [0.717, 1.165) is 17.7 Å². The minimum absolute atomic E-state index is 0.589. The molecule has 1 aromatic heterocycles. The van der Waals surface area contributed by atoms with Gasteiger partial charge in [0.1, 0.15) is 6.04 Å². The molecule has 0 aliphatic rings. The molecule has 96 valence electrons. The molecule has 5 heteroatoms. The summed E-state index contributed by atoms with van der Waals surface area (Å²) in [6.45, 7) is 7.37. The van der Waals surface area contributed by atoms with Gasteiger partial charge in [0.25, 0.3) is 0 Å². The van der Waals surface area contributed by atoms with E-state index >= 15 is 0 Å². The van der Waals surface area contributed by atoms with Gasteiger partial charge in [0, 0.05) is 18.8 Å². The van der Waals surface area contributed by atoms with Crippen LogP contribution in [0, 0.1) is 0 Å². The molecule has 0 spiro atoms. The number of likely N-dealkylation sites (N-methyl/N-ethyl adjacent to an activating group) is 1. The van der Waals surface area contributed by atoms with Crippen LogP contribution in [0.25, 0.3) is 0 Å². The van der Waals surface area contributed by atoms with Gasteiger partial charge in [-0.3, -0.25) is 14.4 Å². The van der Waals surface area contributed by atoms with Crippen molar-refractivity contribution in [2.24, 2.45) is 7.05 Å². The molecule has 1 atom stereocenters. The van der Waals surface area contributed by atoms with Crippen LogP contribution in [0.2, 0.25) is 0 Å². The fraction of sp³-hybridized carbons (Fsp3) is 0.667. The number of aromatic nitrogens is 2. The zero-order chi connectivity index (χ0) is 13.0. The Morgan fingerprint density at radius 1 is 1.47 bits per heavy atom. The van der Waals surface area contributed by atoms with E-state index in [0.29, 0.717) is 13.1 Å². The topological polar surface area (TPSA) is 58.4 Å². The molecule has 0 aromatic carbocycles. The zero-order valence-electron chi connectivity index (χ0n) is 11.0. The molecule has 0 fully saturated rings. The summed E-state index contributed by atoms with van der Waals surface area (Å²) in [4.78, 5) is 13.4. The number of hydrogen-bond donors (Lipinski definition) is 1. The summed E-state index contributed by atoms with van der Waals surface area (Å²) >= 11 is 0. The number of hydrogen-bond acceptors (Lipinski definition) is 3. The number of carboxylic acids is 1. The van der Waals surface area contributed by atoms with Gasteiger partial charge in [-0.15, -0.1) is 0 Å². The first kappa shape index (κ1) is 13.7. The Morgan fingerprint density at radius 3 is 2.47 bits per heavy atom. The van der Waals surface area contributed by atoms with E-state index in [1.54, 1.807) is 4.68 Å². The van der Waals surface area contributed by atoms with Gasteiger partial charge in [0.05, 0.1) is 5.69 Å². The molecule has 1 aromatic rings. The van der Waals surface area contributed by atoms with Crippen molar-refractivity contribution in [3.05, 3.63) is 17.5 Å². The molecule has 1 N–H and O–H groups in total. The third kappa shape index (κ3) is 2.85. The van der Waals surface area contributed by atoms with Crippen LogP contribution in [0.4, 0.5) is 0 Å². The Kier molecular flexibility index (Phi) is 4.69. The van der Waals surface area contributed by atoms with E-state index in [-0.39, 0.29) is 0 Å². The van der Waals surface area contributed by atoms with E-state index in [4.69, 9.17) is 0 Å². The van der Waals surface area contributed by atoms with Gasteiger partial charge >= 0.3 is 5.97 Å². The number of aliphatic carboxylic acids is 1. The van der Waals surface area contributed by atoms with Crippen molar-refractivity contribution in [3.63, 3.8) is 0 Å². The van der Waals surface area contributed by atoms with E-state index in [9.17, 15) is 9.90 Å². The summed E-state index contributed by atoms with van der Waals surface area (Å²) < 4.78 is 1.69. The summed E-state index contributed by atoms with van der Waals surface area (Å²) in [6.07, 6.45) is 2.57. The van der Waals surface area contributed by atoms with Crippen molar-refractivity contribution in [2.75, 3.05) is 13.1 Å². The highest BCUT2D eigenvalue weighted by Gasteiger charge is 2.28. The highest BCUT2D eigenvalue weighted by molar-refractivity contribution is 5.75. The summed E-state index contributed by atoms with van der Waals surface area (Å²) in [7, 11) is 1.82. The fourth-order valence-electron chi connectivity index (χ4n) is 2.13. The van der Waals surface area contributed by atoms with Crippen LogP contribution in [0.5, 0.6) is 0 Å². The minimum atomic E-state index is -0.809. The lowest BCUT2D eigenvalue weighted by Gasteiger charge is -2.26. The lowest BCUT2D eigenvalue weighted by molar-refractivity contribution is -0.143. The van der Waals surface area contributed by atoms with E-state index in [1.165, 1.54) is 0 Å². The number of carboxylic acid groups (broad SMARTS) is 1. The average Bonchev–Trinajstić information content (AvgIpc) is 2.65. The second kappa shape index (κ2) is 5.82. The van der Waals surface area contributed by atoms with Gasteiger partial charge in [0.2, 0.25) is 0 Å². The van der Waals surface area contributed by atoms with Crippen LogP contribution < -0.4 is 0 Å². The van der Waals surface area contributed by atoms with Crippen molar-refractivity contribution >= 4 is 5.97 Å². The molecule has 0 radical (unpaired) electrons. The predicted octanol–water partition coefficient (Wildman–Crippen LogP) is 1.45. The minimum Gasteiger partial charge on any atom is -0.480 e. The summed E-state index contributed by atoms with van der Waals surface area (Å²) in [5.74, 6) is -0.809. The predicted molar refractivity (Wildman–Crippen MR) is 65.9 cm³/mol. The molecule has 1 heterocycles. The third-order valence-electron chi connectivity index (χ3n) is 2.98. The smallest absolute Gasteiger partial charge is 0.325 e. The first-order chi connectivity index (χ1) is 8.04. The fourth-order valence-corrected chi connectivity index (χ4v) is 2.13. The van der Waals surface area contributed by atoms with Crippen LogP contribution in [-0.2, 0) is 18.3 Å². The second-order valence-electron chi connectivity index (χ2n) is 4.02. The lowest BCUT2D eigenvalue weighted by Crippen LogP contribution is -2.34. The molecule has 0 aliphatic carbocycles. The maximum absolute atomic E-state index is 11.5. The van der Waals surface area contributed by atoms with Crippen molar-refractivity contribution < 1.29 is 9.90 Å². The number of rotatable bonds is 6. The highest BCUT2D eigenvalue weighted by atomic mass is 16.4. The molecule has 0 saturated heterocycles. The molecule has 0 aliphatic heterocycles. The van der Waals surface area contributed by atoms with Crippen molar-refractivity contribution in [1.82, 2.24) is 14.7 Å². The Balaban J connectivity index is 3.17. The molecular formula is C12H21N3O2. The monoisotopic (exact) mass is 239 g/mol. The molecule has 0 saturated carbocycles. The lowest BCUT2D eigenvalue weighted by atomic mass is 10.0. The second-order valence-corrected chi connectivity index (χ2v) is 4.02. The largest absolute Gasteiger partial charge is 0.480 e. The van der Waals surface area contributed by atoms with Crippen LogP contribution >= 0.6 is 0 Å². The molecule has 1 rings (SSSR count). The highest BCUT2D eigenvalue weighted by Crippen LogP contribution is 2.24. The standard InChI is InChI=1S/C12H21N3O2/c1-5-10-9(8-14(4)13-10)11(12(16)17)15(6-2)7-3/h8,11H,5-7H2,1-4H3,(H,16,17). The SMILES string of the molecule is CCc1nn(C)cc1C(C(=O)O)N(CC)CC. The van der Waals surface area contributed by atoms with Crippen LogP contribution in [-0.4, -0.2) is 38.8 Å². The Morgan fingerprint density at radius 2 is 2.06 bits per heavy atom. The Hall–Kier alpha value is -1.36. The Labute approximate surface area is 102 Å². The van der Waals surface area contributed by atoms with Crippen molar-refractivity contribution in [3.8, 4) is 0 Å². The van der Waals surface area contributed by atoms with Crippen LogP contribution in [0.15, 0.2) is 6.20 Å². The summed E-state index contributed by atoms with van der Waals surface area (Å²) in [6, 6.07) is -0.589. The summed E-state index contributed by atoms with van der Waals surface area (Å²) in [5.41, 5.74) is 1.68. The number of aryl methyl sites for hydroxylation is 2. The van der Waals surface area contributed by atoms with E-state index in [1.807, 2.05) is 38.9 Å². The van der Waals surface area contributed by atoms with Gasteiger partial charge in [0.15, 0.2) is 0 Å². The molecule has 0 amide bonds. The van der Waals surface area contributed by atoms with Crippen molar-refractivity contribution in [2.45, 2.75) is 33.2 Å². The molecule has 5 nitrogen and oxygen atoms in total. The van der Waals surface area contributed by atoms with Crippen molar-refractivity contribution in [1.29, 1.82) is 0 Å². The first-order valence-electron chi connectivity index (χ1n) is 6.04. The number of nitrogens with zero attached hydrogens (tertiary/aromatic N) is 3. The Bertz CT molecular complexity index is 383. The normalized spacial score (nSPS) is 13.0. The zero-order valence-corrected chi connectivity index (χ0v) is 11.0. The van der Waals surface area contributed by atoms with E-state index in [2.05, 4.69) is 5.10 Å². The molecule has 1 unspecified atom stereocenters. The first-order valence-corrected chi connectivity index (χ1v) is 6.04. The number of carbonyl (C=O) groups is 1. The van der Waals surface area contributed by atoms with Gasteiger partial charge in [-0.2, -0.15) is 5.10 Å². The van der Waals surface area contributed by atoms with Gasteiger partial charge in [-0.25, -0.2) is 0 Å². The van der Waals surface area contributed by atoms with Gasteiger partial charge < -0.3 is 5.11 Å². The van der Waals surface area contributed by atoms with E-state index < -0.39 is 12.0 Å². The summed E-state index contributed by atoms with van der Waals surface area (Å²) in [5, 5.41) is 13.7. The quantitative estimate of drug-likeness (QED) is 0.816. The maximum Gasteiger partial charge on any atom is 0.325 e. The molecule has 17 heavy (non-hydrogen) atoms. The third-order valence-corrected chi connectivity index (χ3v) is 2.98. The average molecular weight is 239 g/mol. The molecular weight excluding hydrogens is 218 g/mol. The maximum atomic E-state index is 11.5. The van der Waals surface area contributed by atoms with Crippen LogP contribution in [0.3, 0.4) is 0 Å². The molecule has 0 bridgehead atoms.